The monoisotopic (exact) mass is 176 g/mol. The molecule has 0 bridgehead atoms. The molecule has 2 unspecified atom stereocenters. The van der Waals surface area contributed by atoms with Crippen molar-refractivity contribution in [2.24, 2.45) is 5.41 Å². The van der Waals surface area contributed by atoms with Gasteiger partial charge in [0.05, 0.1) is 6.61 Å². The van der Waals surface area contributed by atoms with Gasteiger partial charge in [-0.25, -0.2) is 0 Å². The van der Waals surface area contributed by atoms with Crippen LogP contribution in [0.15, 0.2) is 0 Å². The van der Waals surface area contributed by atoms with Gasteiger partial charge in [0, 0.05) is 12.5 Å². The summed E-state index contributed by atoms with van der Waals surface area (Å²) in [6, 6.07) is 0. The quantitative estimate of drug-likeness (QED) is 0.630. The molecular weight excluding hydrogens is 160 g/mol. The molecule has 12 heavy (non-hydrogen) atoms. The van der Waals surface area contributed by atoms with Crippen LogP contribution in [0.5, 0.6) is 0 Å². The van der Waals surface area contributed by atoms with Gasteiger partial charge >= 0.3 is 0 Å². The van der Waals surface area contributed by atoms with E-state index in [-0.39, 0.29) is 18.3 Å². The first-order chi connectivity index (χ1) is 5.58. The minimum absolute atomic E-state index is 0.141. The summed E-state index contributed by atoms with van der Waals surface area (Å²) in [7, 11) is 1.55. The molecule has 1 aliphatic heterocycles. The fourth-order valence-electron chi connectivity index (χ4n) is 1.30. The maximum atomic E-state index is 9.35. The van der Waals surface area contributed by atoms with E-state index < -0.39 is 6.29 Å². The lowest BCUT2D eigenvalue weighted by Crippen LogP contribution is -2.35. The maximum absolute atomic E-state index is 9.35. The number of aliphatic hydroxyl groups excluding tert-OH is 1. The number of rotatable bonds is 3. The van der Waals surface area contributed by atoms with Crippen molar-refractivity contribution >= 4 is 0 Å². The van der Waals surface area contributed by atoms with E-state index >= 15 is 0 Å². The Morgan fingerprint density at radius 2 is 2.25 bits per heavy atom. The summed E-state index contributed by atoms with van der Waals surface area (Å²) >= 11 is 0. The number of methoxy groups -OCH3 is 1. The van der Waals surface area contributed by atoms with Crippen LogP contribution in [0.3, 0.4) is 0 Å². The van der Waals surface area contributed by atoms with E-state index in [1.807, 2.05) is 13.8 Å². The van der Waals surface area contributed by atoms with Gasteiger partial charge in [-0.15, -0.1) is 0 Å². The molecule has 0 aromatic heterocycles. The summed E-state index contributed by atoms with van der Waals surface area (Å²) < 4.78 is 15.1. The van der Waals surface area contributed by atoms with Crippen molar-refractivity contribution < 1.29 is 19.3 Å². The predicted octanol–water partition coefficient (Wildman–Crippen LogP) is 0.350. The molecule has 0 aliphatic carbocycles. The van der Waals surface area contributed by atoms with Crippen molar-refractivity contribution in [1.82, 2.24) is 0 Å². The Hall–Kier alpha value is -0.160. The van der Waals surface area contributed by atoms with E-state index in [0.29, 0.717) is 6.61 Å². The third-order valence-electron chi connectivity index (χ3n) is 2.02. The average molecular weight is 176 g/mol. The smallest absolute Gasteiger partial charge is 0.181 e. The predicted molar refractivity (Wildman–Crippen MR) is 42.5 cm³/mol. The first-order valence-corrected chi connectivity index (χ1v) is 3.98. The van der Waals surface area contributed by atoms with Gasteiger partial charge in [0.2, 0.25) is 0 Å². The van der Waals surface area contributed by atoms with Gasteiger partial charge in [0.1, 0.15) is 12.9 Å². The number of ether oxygens (including phenoxy) is 3. The molecule has 1 N–H and O–H groups in total. The van der Waals surface area contributed by atoms with Crippen LogP contribution in [0.4, 0.5) is 0 Å². The molecule has 1 saturated heterocycles. The molecule has 2 atom stereocenters. The van der Waals surface area contributed by atoms with Crippen molar-refractivity contribution in [3.8, 4) is 0 Å². The van der Waals surface area contributed by atoms with Crippen LogP contribution in [-0.4, -0.2) is 38.0 Å². The van der Waals surface area contributed by atoms with Crippen LogP contribution >= 0.6 is 0 Å². The Kier molecular flexibility index (Phi) is 3.06. The van der Waals surface area contributed by atoms with Crippen LogP contribution in [0.2, 0.25) is 0 Å². The second-order valence-electron chi connectivity index (χ2n) is 3.68. The van der Waals surface area contributed by atoms with E-state index in [4.69, 9.17) is 14.2 Å². The third-order valence-corrected chi connectivity index (χ3v) is 2.02. The molecule has 0 spiro atoms. The van der Waals surface area contributed by atoms with Crippen molar-refractivity contribution in [3.63, 3.8) is 0 Å². The number of hydrogen-bond donors (Lipinski definition) is 1. The second kappa shape index (κ2) is 3.70. The Morgan fingerprint density at radius 1 is 1.58 bits per heavy atom. The topological polar surface area (TPSA) is 47.9 Å². The summed E-state index contributed by atoms with van der Waals surface area (Å²) in [4.78, 5) is 0. The molecule has 0 aromatic carbocycles. The van der Waals surface area contributed by atoms with Crippen molar-refractivity contribution in [2.75, 3.05) is 20.5 Å². The lowest BCUT2D eigenvalue weighted by molar-refractivity contribution is -0.169. The highest BCUT2D eigenvalue weighted by molar-refractivity contribution is 4.86. The fraction of sp³-hybridized carbons (Fsp3) is 1.00. The van der Waals surface area contributed by atoms with Crippen molar-refractivity contribution in [2.45, 2.75) is 26.2 Å². The zero-order valence-electron chi connectivity index (χ0n) is 7.74. The minimum atomic E-state index is -0.824. The zero-order chi connectivity index (χ0) is 9.19. The van der Waals surface area contributed by atoms with Crippen molar-refractivity contribution in [3.05, 3.63) is 0 Å². The summed E-state index contributed by atoms with van der Waals surface area (Å²) in [6.45, 7) is 4.68. The van der Waals surface area contributed by atoms with Gasteiger partial charge in [-0.1, -0.05) is 13.8 Å². The molecule has 1 rings (SSSR count). The van der Waals surface area contributed by atoms with E-state index in [0.717, 1.165) is 0 Å². The maximum Gasteiger partial charge on any atom is 0.181 e. The van der Waals surface area contributed by atoms with Gasteiger partial charge in [0.15, 0.2) is 6.29 Å². The van der Waals surface area contributed by atoms with E-state index in [2.05, 4.69) is 0 Å². The van der Waals surface area contributed by atoms with E-state index in [9.17, 15) is 5.11 Å². The first-order valence-electron chi connectivity index (χ1n) is 3.98. The Labute approximate surface area is 72.4 Å². The Bertz CT molecular complexity index is 146. The molecule has 0 aromatic rings. The highest BCUT2D eigenvalue weighted by atomic mass is 16.7. The second-order valence-corrected chi connectivity index (χ2v) is 3.68. The standard InChI is InChI=1S/C8H16O4/c1-8(2)4-11-7(9)6(8)12-5-10-3/h6-7,9H,4-5H2,1-3H3. The summed E-state index contributed by atoms with van der Waals surface area (Å²) in [6.07, 6.45) is -1.12. The number of hydrogen-bond acceptors (Lipinski definition) is 4. The molecular formula is C8H16O4. The lowest BCUT2D eigenvalue weighted by Gasteiger charge is -2.25. The van der Waals surface area contributed by atoms with Gasteiger partial charge in [-0.3, -0.25) is 0 Å². The minimum Gasteiger partial charge on any atom is -0.366 e. The molecule has 0 saturated carbocycles. The summed E-state index contributed by atoms with van der Waals surface area (Å²) in [5.41, 5.74) is -0.141. The van der Waals surface area contributed by atoms with E-state index in [1.165, 1.54) is 0 Å². The number of aliphatic hydroxyl groups is 1. The zero-order valence-corrected chi connectivity index (χ0v) is 7.74. The molecule has 1 fully saturated rings. The van der Waals surface area contributed by atoms with E-state index in [1.54, 1.807) is 7.11 Å². The largest absolute Gasteiger partial charge is 0.366 e. The van der Waals surface area contributed by atoms with Crippen LogP contribution < -0.4 is 0 Å². The van der Waals surface area contributed by atoms with Gasteiger partial charge in [-0.2, -0.15) is 0 Å². The highest BCUT2D eigenvalue weighted by Gasteiger charge is 2.43. The molecule has 1 heterocycles. The molecule has 0 amide bonds. The lowest BCUT2D eigenvalue weighted by atomic mass is 9.89. The van der Waals surface area contributed by atoms with Crippen LogP contribution in [0.25, 0.3) is 0 Å². The molecule has 72 valence electrons. The van der Waals surface area contributed by atoms with Crippen molar-refractivity contribution in [1.29, 1.82) is 0 Å². The van der Waals surface area contributed by atoms with Crippen LogP contribution in [0, 0.1) is 5.41 Å². The van der Waals surface area contributed by atoms with Gasteiger partial charge in [-0.05, 0) is 0 Å². The third kappa shape index (κ3) is 1.95. The Balaban J connectivity index is 2.47. The Morgan fingerprint density at radius 3 is 2.67 bits per heavy atom. The van der Waals surface area contributed by atoms with Crippen LogP contribution in [0.1, 0.15) is 13.8 Å². The molecule has 0 radical (unpaired) electrons. The summed E-state index contributed by atoms with van der Waals surface area (Å²) in [5.74, 6) is 0. The summed E-state index contributed by atoms with van der Waals surface area (Å²) in [5, 5.41) is 9.35. The molecule has 4 heteroatoms. The first kappa shape index (κ1) is 9.92. The van der Waals surface area contributed by atoms with Crippen LogP contribution in [-0.2, 0) is 14.2 Å². The average Bonchev–Trinajstić information content (AvgIpc) is 2.24. The van der Waals surface area contributed by atoms with Gasteiger partial charge < -0.3 is 19.3 Å². The fourth-order valence-corrected chi connectivity index (χ4v) is 1.30. The normalized spacial score (nSPS) is 34.0. The molecule has 4 nitrogen and oxygen atoms in total. The molecule has 1 aliphatic rings. The SMILES string of the molecule is COCOC1C(O)OCC1(C)C. The highest BCUT2D eigenvalue weighted by Crippen LogP contribution is 2.33. The van der Waals surface area contributed by atoms with Gasteiger partial charge in [0.25, 0.3) is 0 Å².